The highest BCUT2D eigenvalue weighted by Gasteiger charge is 2.39. The van der Waals surface area contributed by atoms with Crippen LogP contribution in [0.25, 0.3) is 22.4 Å². The lowest BCUT2D eigenvalue weighted by Gasteiger charge is -2.33. The molecular weight excluding hydrogens is 478 g/mol. The number of aromatic nitrogens is 2. The van der Waals surface area contributed by atoms with Crippen molar-refractivity contribution in [3.05, 3.63) is 66.5 Å². The van der Waals surface area contributed by atoms with E-state index in [0.717, 1.165) is 66.5 Å². The van der Waals surface area contributed by atoms with E-state index in [1.165, 1.54) is 7.11 Å². The summed E-state index contributed by atoms with van der Waals surface area (Å²) in [6, 6.07) is 16.2. The Morgan fingerprint density at radius 1 is 1.05 bits per heavy atom. The van der Waals surface area contributed by atoms with Gasteiger partial charge in [0.05, 0.1) is 12.8 Å². The van der Waals surface area contributed by atoms with Crippen LogP contribution in [0.15, 0.2) is 60.9 Å². The van der Waals surface area contributed by atoms with Crippen molar-refractivity contribution in [1.29, 1.82) is 0 Å². The summed E-state index contributed by atoms with van der Waals surface area (Å²) in [4.78, 5) is 35.5. The normalized spacial score (nSPS) is 19.9. The largest absolute Gasteiger partial charge is 0.453 e. The standard InChI is InChI=1S/C30H35N5O3/c1-35(29(37)38-2)23-12-6-20(7-13-23)17-28(36)34-27-18-24(26-5-3-4-16-32-26)25(19-33-27)21-8-10-22(11-9-21)30(31)14-15-30/h3-5,8-11,16,18-20,23H,6-7,12-15,17,31H2,1-2H3,(H,33,34,36)/t20-,23-. The van der Waals surface area contributed by atoms with Crippen LogP contribution in [0.5, 0.6) is 0 Å². The predicted octanol–water partition coefficient (Wildman–Crippen LogP) is 5.34. The SMILES string of the molecule is COC(=O)N(C)[C@H]1CC[C@H](CC(=O)Nc2cc(-c3ccccn3)c(-c3ccc(C4(N)CC4)cc3)cn2)CC1. The van der Waals surface area contributed by atoms with Gasteiger partial charge < -0.3 is 20.7 Å². The maximum Gasteiger partial charge on any atom is 0.409 e. The van der Waals surface area contributed by atoms with E-state index < -0.39 is 0 Å². The highest BCUT2D eigenvalue weighted by atomic mass is 16.5. The zero-order valence-electron chi connectivity index (χ0n) is 22.0. The van der Waals surface area contributed by atoms with E-state index in [0.29, 0.717) is 12.2 Å². The molecule has 3 aromatic rings. The van der Waals surface area contributed by atoms with E-state index in [1.54, 1.807) is 24.3 Å². The number of anilines is 1. The van der Waals surface area contributed by atoms with E-state index in [1.807, 2.05) is 24.3 Å². The first-order valence-electron chi connectivity index (χ1n) is 13.3. The van der Waals surface area contributed by atoms with E-state index in [-0.39, 0.29) is 29.5 Å². The van der Waals surface area contributed by atoms with Crippen LogP contribution in [-0.2, 0) is 15.1 Å². The van der Waals surface area contributed by atoms with Crippen molar-refractivity contribution in [2.24, 2.45) is 11.7 Å². The summed E-state index contributed by atoms with van der Waals surface area (Å²) in [5.74, 6) is 0.737. The molecule has 0 bridgehead atoms. The number of nitrogens with zero attached hydrogens (tertiary/aromatic N) is 3. The van der Waals surface area contributed by atoms with Gasteiger partial charge in [0.15, 0.2) is 0 Å². The summed E-state index contributed by atoms with van der Waals surface area (Å²) in [6.07, 6.45) is 9.25. The van der Waals surface area contributed by atoms with Gasteiger partial charge in [-0.05, 0) is 73.8 Å². The molecule has 38 heavy (non-hydrogen) atoms. The molecule has 0 radical (unpaired) electrons. The molecular formula is C30H35N5O3. The summed E-state index contributed by atoms with van der Waals surface area (Å²) in [5.41, 5.74) is 11.0. The number of carbonyl (C=O) groups is 2. The number of pyridine rings is 2. The molecule has 2 aromatic heterocycles. The first kappa shape index (κ1) is 25.9. The van der Waals surface area contributed by atoms with Crippen molar-refractivity contribution in [3.63, 3.8) is 0 Å². The summed E-state index contributed by atoms with van der Waals surface area (Å²) >= 11 is 0. The van der Waals surface area contributed by atoms with Crippen LogP contribution in [0, 0.1) is 5.92 Å². The molecule has 0 aliphatic heterocycles. The van der Waals surface area contributed by atoms with E-state index in [4.69, 9.17) is 10.5 Å². The number of hydrogen-bond acceptors (Lipinski definition) is 6. The van der Waals surface area contributed by atoms with Crippen molar-refractivity contribution in [1.82, 2.24) is 14.9 Å². The van der Waals surface area contributed by atoms with E-state index >= 15 is 0 Å². The number of ether oxygens (including phenoxy) is 1. The minimum Gasteiger partial charge on any atom is -0.453 e. The average Bonchev–Trinajstić information content (AvgIpc) is 3.71. The molecule has 2 amide bonds. The van der Waals surface area contributed by atoms with Crippen LogP contribution >= 0.6 is 0 Å². The van der Waals surface area contributed by atoms with Crippen molar-refractivity contribution >= 4 is 17.8 Å². The molecule has 8 heteroatoms. The van der Waals surface area contributed by atoms with Gasteiger partial charge >= 0.3 is 6.09 Å². The smallest absolute Gasteiger partial charge is 0.409 e. The van der Waals surface area contributed by atoms with Crippen LogP contribution in [-0.4, -0.2) is 47.1 Å². The Labute approximate surface area is 223 Å². The van der Waals surface area contributed by atoms with Crippen molar-refractivity contribution in [3.8, 4) is 22.4 Å². The number of rotatable bonds is 7. The first-order valence-corrected chi connectivity index (χ1v) is 13.3. The minimum atomic E-state index is -0.313. The third kappa shape index (κ3) is 5.70. The molecule has 5 rings (SSSR count). The molecule has 0 unspecified atom stereocenters. The quantitative estimate of drug-likeness (QED) is 0.441. The van der Waals surface area contributed by atoms with Crippen molar-refractivity contribution in [2.75, 3.05) is 19.5 Å². The minimum absolute atomic E-state index is 0.0518. The van der Waals surface area contributed by atoms with Gasteiger partial charge in [0.25, 0.3) is 0 Å². The fraction of sp³-hybridized carbons (Fsp3) is 0.400. The highest BCUT2D eigenvalue weighted by Crippen LogP contribution is 2.43. The van der Waals surface area contributed by atoms with Crippen LogP contribution in [0.3, 0.4) is 0 Å². The Morgan fingerprint density at radius 3 is 2.42 bits per heavy atom. The molecule has 2 aliphatic rings. The predicted molar refractivity (Wildman–Crippen MR) is 147 cm³/mol. The molecule has 2 heterocycles. The third-order valence-corrected chi connectivity index (χ3v) is 7.97. The van der Waals surface area contributed by atoms with Crippen LogP contribution in [0.2, 0.25) is 0 Å². The molecule has 198 valence electrons. The van der Waals surface area contributed by atoms with Gasteiger partial charge in [0.1, 0.15) is 5.82 Å². The monoisotopic (exact) mass is 513 g/mol. The van der Waals surface area contributed by atoms with Gasteiger partial charge in [-0.15, -0.1) is 0 Å². The maximum absolute atomic E-state index is 12.9. The molecule has 3 N–H and O–H groups in total. The molecule has 0 spiro atoms. The Bertz CT molecular complexity index is 1280. The molecule has 2 fully saturated rings. The number of nitrogens with one attached hydrogen (secondary N) is 1. The fourth-order valence-electron chi connectivity index (χ4n) is 5.38. The number of amides is 2. The van der Waals surface area contributed by atoms with E-state index in [2.05, 4.69) is 39.6 Å². The van der Waals surface area contributed by atoms with Gasteiger partial charge in [0, 0.05) is 48.6 Å². The number of methoxy groups -OCH3 is 1. The molecule has 1 aromatic carbocycles. The van der Waals surface area contributed by atoms with Crippen LogP contribution in [0.4, 0.5) is 10.6 Å². The van der Waals surface area contributed by atoms with E-state index in [9.17, 15) is 9.59 Å². The number of hydrogen-bond donors (Lipinski definition) is 2. The molecule has 2 aliphatic carbocycles. The second-order valence-corrected chi connectivity index (χ2v) is 10.6. The van der Waals surface area contributed by atoms with Gasteiger partial charge in [0.2, 0.25) is 5.91 Å². The van der Waals surface area contributed by atoms with Gasteiger partial charge in [-0.1, -0.05) is 30.3 Å². The molecule has 0 saturated heterocycles. The lowest BCUT2D eigenvalue weighted by Crippen LogP contribution is -2.39. The Kier molecular flexibility index (Phi) is 7.42. The fourth-order valence-corrected chi connectivity index (χ4v) is 5.38. The highest BCUT2D eigenvalue weighted by molar-refractivity contribution is 5.92. The summed E-state index contributed by atoms with van der Waals surface area (Å²) < 4.78 is 4.83. The van der Waals surface area contributed by atoms with Crippen LogP contribution < -0.4 is 11.1 Å². The third-order valence-electron chi connectivity index (χ3n) is 7.97. The van der Waals surface area contributed by atoms with Crippen molar-refractivity contribution in [2.45, 2.75) is 56.5 Å². The lowest BCUT2D eigenvalue weighted by molar-refractivity contribution is -0.117. The topological polar surface area (TPSA) is 110 Å². The molecule has 8 nitrogen and oxygen atoms in total. The summed E-state index contributed by atoms with van der Waals surface area (Å²) in [5, 5.41) is 3.00. The Balaban J connectivity index is 1.28. The van der Waals surface area contributed by atoms with Crippen LogP contribution in [0.1, 0.15) is 50.5 Å². The van der Waals surface area contributed by atoms with Gasteiger partial charge in [-0.3, -0.25) is 9.78 Å². The first-order chi connectivity index (χ1) is 18.4. The zero-order chi connectivity index (χ0) is 26.7. The van der Waals surface area contributed by atoms with Gasteiger partial charge in [-0.2, -0.15) is 0 Å². The number of carbonyl (C=O) groups excluding carboxylic acids is 2. The Hall–Kier alpha value is -3.78. The number of nitrogens with two attached hydrogens (primary N) is 1. The second kappa shape index (κ2) is 10.9. The second-order valence-electron chi connectivity index (χ2n) is 10.6. The average molecular weight is 514 g/mol. The summed E-state index contributed by atoms with van der Waals surface area (Å²) in [7, 11) is 3.17. The lowest BCUT2D eigenvalue weighted by atomic mass is 9.83. The number of benzene rings is 1. The van der Waals surface area contributed by atoms with Crippen molar-refractivity contribution < 1.29 is 14.3 Å². The summed E-state index contributed by atoms with van der Waals surface area (Å²) in [6.45, 7) is 0. The molecule has 2 saturated carbocycles. The molecule has 0 atom stereocenters. The zero-order valence-corrected chi connectivity index (χ0v) is 22.0. The van der Waals surface area contributed by atoms with Gasteiger partial charge in [-0.25, -0.2) is 9.78 Å². The Morgan fingerprint density at radius 2 is 1.79 bits per heavy atom. The maximum atomic E-state index is 12.9.